The first-order valence-electron chi connectivity index (χ1n) is 3.75. The first-order valence-corrected chi connectivity index (χ1v) is 3.75. The van der Waals surface area contributed by atoms with E-state index in [1.54, 1.807) is 4.90 Å². The standard InChI is InChI=1S/C6H11N3O2/c10-6-4-11-8-5-3-7-1-2-9(5)6/h5,7-8H,1-4H2. The molecule has 5 nitrogen and oxygen atoms in total. The van der Waals surface area contributed by atoms with Gasteiger partial charge in [0.15, 0.2) is 0 Å². The van der Waals surface area contributed by atoms with Crippen molar-refractivity contribution >= 4 is 5.91 Å². The number of rotatable bonds is 0. The van der Waals surface area contributed by atoms with Crippen LogP contribution in [-0.4, -0.2) is 43.2 Å². The Labute approximate surface area is 64.6 Å². The van der Waals surface area contributed by atoms with Gasteiger partial charge in [-0.05, 0) is 0 Å². The predicted octanol–water partition coefficient (Wildman–Crippen LogP) is -1.72. The van der Waals surface area contributed by atoms with Crippen molar-refractivity contribution in [2.75, 3.05) is 26.2 Å². The van der Waals surface area contributed by atoms with Gasteiger partial charge in [-0.3, -0.25) is 9.63 Å². The summed E-state index contributed by atoms with van der Waals surface area (Å²) in [4.78, 5) is 17.8. The van der Waals surface area contributed by atoms with Crippen molar-refractivity contribution in [3.05, 3.63) is 0 Å². The molecule has 0 radical (unpaired) electrons. The molecule has 2 aliphatic rings. The number of amides is 1. The lowest BCUT2D eigenvalue weighted by Crippen LogP contribution is -2.63. The highest BCUT2D eigenvalue weighted by molar-refractivity contribution is 5.78. The monoisotopic (exact) mass is 157 g/mol. The second-order valence-corrected chi connectivity index (χ2v) is 2.71. The van der Waals surface area contributed by atoms with Crippen LogP contribution in [0.1, 0.15) is 0 Å². The van der Waals surface area contributed by atoms with Crippen LogP contribution >= 0.6 is 0 Å². The minimum absolute atomic E-state index is 0.0324. The normalized spacial score (nSPS) is 31.8. The summed E-state index contributed by atoms with van der Waals surface area (Å²) in [5.41, 5.74) is 2.79. The Bertz CT molecular complexity index is 171. The molecule has 5 heteroatoms. The molecular weight excluding hydrogens is 146 g/mol. The fourth-order valence-electron chi connectivity index (χ4n) is 1.39. The third-order valence-corrected chi connectivity index (χ3v) is 1.98. The zero-order valence-electron chi connectivity index (χ0n) is 6.17. The van der Waals surface area contributed by atoms with Gasteiger partial charge in [-0.2, -0.15) is 5.48 Å². The highest BCUT2D eigenvalue weighted by Gasteiger charge is 2.30. The Morgan fingerprint density at radius 2 is 2.55 bits per heavy atom. The average molecular weight is 157 g/mol. The number of hydrogen-bond donors (Lipinski definition) is 2. The van der Waals surface area contributed by atoms with E-state index in [4.69, 9.17) is 4.84 Å². The third-order valence-electron chi connectivity index (χ3n) is 1.98. The van der Waals surface area contributed by atoms with Gasteiger partial charge < -0.3 is 10.2 Å². The number of fused-ring (bicyclic) bond motifs is 1. The van der Waals surface area contributed by atoms with Crippen LogP contribution in [0.5, 0.6) is 0 Å². The van der Waals surface area contributed by atoms with Gasteiger partial charge in [0, 0.05) is 19.6 Å². The highest BCUT2D eigenvalue weighted by Crippen LogP contribution is 2.04. The Morgan fingerprint density at radius 1 is 1.64 bits per heavy atom. The lowest BCUT2D eigenvalue weighted by atomic mass is 10.3. The molecule has 2 heterocycles. The average Bonchev–Trinajstić information content (AvgIpc) is 2.06. The topological polar surface area (TPSA) is 53.6 Å². The van der Waals surface area contributed by atoms with Crippen LogP contribution in [0.15, 0.2) is 0 Å². The van der Waals surface area contributed by atoms with Crippen LogP contribution in [0.2, 0.25) is 0 Å². The molecule has 1 amide bonds. The lowest BCUT2D eigenvalue weighted by molar-refractivity contribution is -0.163. The van der Waals surface area contributed by atoms with Gasteiger partial charge in [-0.25, -0.2) is 0 Å². The lowest BCUT2D eigenvalue weighted by Gasteiger charge is -2.39. The van der Waals surface area contributed by atoms with E-state index in [-0.39, 0.29) is 18.7 Å². The molecule has 0 aromatic carbocycles. The van der Waals surface area contributed by atoms with Crippen molar-refractivity contribution in [1.82, 2.24) is 15.7 Å². The molecule has 1 unspecified atom stereocenters. The molecule has 11 heavy (non-hydrogen) atoms. The van der Waals surface area contributed by atoms with Crippen molar-refractivity contribution in [2.24, 2.45) is 0 Å². The summed E-state index contributed by atoms with van der Waals surface area (Å²) >= 11 is 0. The minimum Gasteiger partial charge on any atom is -0.320 e. The van der Waals surface area contributed by atoms with E-state index in [9.17, 15) is 4.79 Å². The first-order chi connectivity index (χ1) is 5.38. The molecule has 0 aliphatic carbocycles. The number of nitrogens with one attached hydrogen (secondary N) is 2. The molecule has 2 aliphatic heterocycles. The molecule has 2 rings (SSSR count). The molecule has 0 aromatic heterocycles. The Morgan fingerprint density at radius 3 is 3.36 bits per heavy atom. The second-order valence-electron chi connectivity index (χ2n) is 2.71. The quantitative estimate of drug-likeness (QED) is 0.439. The predicted molar refractivity (Wildman–Crippen MR) is 37.5 cm³/mol. The van der Waals surface area contributed by atoms with E-state index < -0.39 is 0 Å². The Balaban J connectivity index is 2.05. The van der Waals surface area contributed by atoms with Crippen molar-refractivity contribution < 1.29 is 9.63 Å². The van der Waals surface area contributed by atoms with Gasteiger partial charge in [0.1, 0.15) is 12.8 Å². The summed E-state index contributed by atoms with van der Waals surface area (Å²) in [6.45, 7) is 2.59. The minimum atomic E-state index is 0.0324. The highest BCUT2D eigenvalue weighted by atomic mass is 16.7. The summed E-state index contributed by atoms with van der Waals surface area (Å²) in [5, 5.41) is 3.17. The first kappa shape index (κ1) is 7.02. The van der Waals surface area contributed by atoms with Gasteiger partial charge in [-0.1, -0.05) is 0 Å². The Hall–Kier alpha value is -0.650. The fourth-order valence-corrected chi connectivity index (χ4v) is 1.39. The third kappa shape index (κ3) is 1.22. The van der Waals surface area contributed by atoms with E-state index in [1.807, 2.05) is 0 Å². The van der Waals surface area contributed by atoms with Crippen LogP contribution in [-0.2, 0) is 9.63 Å². The van der Waals surface area contributed by atoms with E-state index in [1.165, 1.54) is 0 Å². The van der Waals surface area contributed by atoms with Gasteiger partial charge in [0.25, 0.3) is 5.91 Å². The number of carbonyl (C=O) groups is 1. The summed E-state index contributed by atoms with van der Waals surface area (Å²) in [6.07, 6.45) is 0.0324. The molecule has 2 N–H and O–H groups in total. The second kappa shape index (κ2) is 2.77. The number of piperazine rings is 1. The van der Waals surface area contributed by atoms with E-state index in [0.717, 1.165) is 19.6 Å². The molecule has 2 saturated heterocycles. The van der Waals surface area contributed by atoms with E-state index in [0.29, 0.717) is 0 Å². The number of hydrogen-bond acceptors (Lipinski definition) is 4. The molecule has 0 saturated carbocycles. The number of nitrogens with zero attached hydrogens (tertiary/aromatic N) is 1. The summed E-state index contributed by atoms with van der Waals surface area (Å²) in [7, 11) is 0. The zero-order chi connectivity index (χ0) is 7.68. The van der Waals surface area contributed by atoms with Crippen molar-refractivity contribution in [2.45, 2.75) is 6.17 Å². The number of hydroxylamine groups is 1. The molecule has 0 bridgehead atoms. The Kier molecular flexibility index (Phi) is 1.77. The van der Waals surface area contributed by atoms with Crippen molar-refractivity contribution in [1.29, 1.82) is 0 Å². The van der Waals surface area contributed by atoms with Crippen molar-refractivity contribution in [3.8, 4) is 0 Å². The summed E-state index contributed by atoms with van der Waals surface area (Å²) < 4.78 is 0. The molecule has 0 aromatic rings. The number of carbonyl (C=O) groups excluding carboxylic acids is 1. The molecule has 62 valence electrons. The van der Waals surface area contributed by atoms with Crippen molar-refractivity contribution in [3.63, 3.8) is 0 Å². The maximum atomic E-state index is 11.2. The summed E-state index contributed by atoms with van der Waals surface area (Å²) in [6, 6.07) is 0. The maximum absolute atomic E-state index is 11.2. The molecule has 1 atom stereocenters. The molecule has 0 spiro atoms. The van der Waals surface area contributed by atoms with Crippen LogP contribution in [0.25, 0.3) is 0 Å². The van der Waals surface area contributed by atoms with Gasteiger partial charge in [-0.15, -0.1) is 0 Å². The zero-order valence-corrected chi connectivity index (χ0v) is 6.17. The largest absolute Gasteiger partial charge is 0.320 e. The van der Waals surface area contributed by atoms with Gasteiger partial charge in [0.05, 0.1) is 0 Å². The molecule has 2 fully saturated rings. The van der Waals surface area contributed by atoms with Crippen LogP contribution < -0.4 is 10.8 Å². The van der Waals surface area contributed by atoms with Gasteiger partial charge >= 0.3 is 0 Å². The summed E-state index contributed by atoms with van der Waals surface area (Å²) in [5.74, 6) is 0.0789. The van der Waals surface area contributed by atoms with Gasteiger partial charge in [0.2, 0.25) is 0 Å². The van der Waals surface area contributed by atoms with E-state index in [2.05, 4.69) is 10.8 Å². The fraction of sp³-hybridized carbons (Fsp3) is 0.833. The SMILES string of the molecule is O=C1CONC2CNCCN12. The van der Waals surface area contributed by atoms with Crippen LogP contribution in [0.4, 0.5) is 0 Å². The van der Waals surface area contributed by atoms with Crippen LogP contribution in [0.3, 0.4) is 0 Å². The van der Waals surface area contributed by atoms with E-state index >= 15 is 0 Å². The smallest absolute Gasteiger partial charge is 0.252 e. The maximum Gasteiger partial charge on any atom is 0.252 e. The molecular formula is C6H11N3O2. The van der Waals surface area contributed by atoms with Crippen LogP contribution in [0, 0.1) is 0 Å².